The summed E-state index contributed by atoms with van der Waals surface area (Å²) >= 11 is 0. The minimum Gasteiger partial charge on any atom is -0.756 e. The largest absolute Gasteiger partial charge is 1.00 e. The van der Waals surface area contributed by atoms with E-state index < -0.39 is 95.0 Å². The molecule has 204 valence electrons. The van der Waals surface area contributed by atoms with Crippen LogP contribution < -0.4 is 80.2 Å². The second-order valence-electron chi connectivity index (χ2n) is 7.47. The first-order valence-electron chi connectivity index (χ1n) is 9.81. The van der Waals surface area contributed by atoms with Crippen LogP contribution in [0.3, 0.4) is 0 Å². The predicted octanol–water partition coefficient (Wildman–Crippen LogP) is -11.8. The second-order valence-corrected chi connectivity index (χ2v) is 10.4. The molecule has 6 N–H and O–H groups in total. The summed E-state index contributed by atoms with van der Waals surface area (Å²) in [5.74, 6) is -1.52. The quantitative estimate of drug-likeness (QED) is 0.112. The first kappa shape index (κ1) is 36.4. The standard InChI is InChI=1S/C15H22N2O17P2.2Na/c18-3-5-8(20)10(22)12(24)14(32-5)33-36(28,29)34-35(26,27)30-4-6-9(21)11(23)13(31-6)17-2-1-7(19)16-15(17)25;;/h1-2,5-6,8-11,13-14,18,20-23H,3-4H2,(H,26,27)(H,28,29)(H,16,19,25);;/q;2*+1/p-2/t5?,6-,8?,9-,10?,11-,13-,14?;;/m1../s1. The summed E-state index contributed by atoms with van der Waals surface area (Å²) in [6.45, 7) is -2.11. The summed E-state index contributed by atoms with van der Waals surface area (Å²) < 4.78 is 46.8. The Bertz CT molecular complexity index is 1180. The van der Waals surface area contributed by atoms with Gasteiger partial charge in [-0.25, -0.2) is 9.11 Å². The van der Waals surface area contributed by atoms with E-state index in [4.69, 9.17) is 9.84 Å². The van der Waals surface area contributed by atoms with Crippen LogP contribution in [0.15, 0.2) is 21.9 Å². The monoisotopic (exact) mass is 608 g/mol. The van der Waals surface area contributed by atoms with Gasteiger partial charge in [0, 0.05) is 12.3 Å². The molecule has 6 unspecified atom stereocenters. The number of hydrogen-bond acceptors (Lipinski definition) is 17. The predicted molar refractivity (Wildman–Crippen MR) is 103 cm³/mol. The number of aliphatic hydroxyl groups excluding tert-OH is 5. The van der Waals surface area contributed by atoms with Crippen molar-refractivity contribution >= 4 is 21.4 Å². The molecule has 23 heteroatoms. The molecule has 0 spiro atoms. The topological polar surface area (TPSA) is 299 Å². The summed E-state index contributed by atoms with van der Waals surface area (Å²) in [6.07, 6.45) is -14.2. The fraction of sp³-hybridized carbons (Fsp3) is 0.667. The number of Topliss-reactive ketones (excluding diaryl/α,β-unsaturated/α-hetero) is 1. The van der Waals surface area contributed by atoms with Crippen molar-refractivity contribution in [3.05, 3.63) is 33.1 Å². The zero-order valence-corrected chi connectivity index (χ0v) is 25.5. The van der Waals surface area contributed by atoms with Gasteiger partial charge >= 0.3 is 64.8 Å². The van der Waals surface area contributed by atoms with E-state index in [1.54, 1.807) is 0 Å². The van der Waals surface area contributed by atoms with E-state index in [2.05, 4.69) is 18.1 Å². The summed E-state index contributed by atoms with van der Waals surface area (Å²) in [7, 11) is -11.8. The van der Waals surface area contributed by atoms with Gasteiger partial charge in [0.2, 0.25) is 12.1 Å². The van der Waals surface area contributed by atoms with Crippen molar-refractivity contribution in [1.82, 2.24) is 9.55 Å². The molecule has 3 rings (SSSR count). The third-order valence-electron chi connectivity index (χ3n) is 4.99. The number of hydrogen-bond donors (Lipinski definition) is 6. The van der Waals surface area contributed by atoms with Crippen LogP contribution in [0.5, 0.6) is 0 Å². The van der Waals surface area contributed by atoms with Crippen LogP contribution in [-0.2, 0) is 36.8 Å². The fourth-order valence-corrected chi connectivity index (χ4v) is 5.26. The molecule has 0 bridgehead atoms. The van der Waals surface area contributed by atoms with Crippen molar-refractivity contribution in [3.8, 4) is 0 Å². The Balaban J connectivity index is 0.00000361. The van der Waals surface area contributed by atoms with Gasteiger partial charge < -0.3 is 49.3 Å². The Morgan fingerprint density at radius 1 is 0.974 bits per heavy atom. The Labute approximate surface area is 256 Å². The van der Waals surface area contributed by atoms with Crippen molar-refractivity contribution in [3.63, 3.8) is 0 Å². The number of nitrogens with zero attached hydrogens (tertiary/aromatic N) is 1. The van der Waals surface area contributed by atoms with E-state index in [9.17, 15) is 53.7 Å². The summed E-state index contributed by atoms with van der Waals surface area (Å²) in [6, 6.07) is 0.905. The molecule has 1 aromatic rings. The number of phosphoric acid groups is 2. The number of phosphoric ester groups is 2. The maximum Gasteiger partial charge on any atom is 1.00 e. The first-order valence-corrected chi connectivity index (χ1v) is 12.7. The van der Waals surface area contributed by atoms with E-state index in [0.29, 0.717) is 4.57 Å². The third-order valence-corrected chi connectivity index (χ3v) is 7.51. The Morgan fingerprint density at radius 3 is 2.18 bits per heavy atom. The van der Waals surface area contributed by atoms with Crippen molar-refractivity contribution in [1.29, 1.82) is 0 Å². The van der Waals surface area contributed by atoms with Gasteiger partial charge in [0.1, 0.15) is 36.6 Å². The number of carbonyl (C=O) groups is 1. The van der Waals surface area contributed by atoms with Crippen LogP contribution in [-0.4, -0.2) is 97.0 Å². The Hall–Kier alpha value is 0.330. The normalized spacial score (nSPS) is 34.4. The SMILES string of the molecule is O=C1C(OP(=O)([O-])OP(=O)([O-])OC[C@H]2O[C@@H](n3ccc(=O)[nH]c3=O)[C@H](O)[C@@H]2O)OC(CO)C(O)C1O.[Na+].[Na+]. The zero-order valence-electron chi connectivity index (χ0n) is 19.7. The molecule has 2 fully saturated rings. The van der Waals surface area contributed by atoms with Gasteiger partial charge in [-0.2, -0.15) is 0 Å². The number of ketones is 1. The molecule has 0 radical (unpaired) electrons. The van der Waals surface area contributed by atoms with Crippen molar-refractivity contribution < 1.29 is 131 Å². The third kappa shape index (κ3) is 8.67. The molecule has 2 aliphatic rings. The number of H-pyrrole nitrogens is 1. The smallest absolute Gasteiger partial charge is 0.756 e. The van der Waals surface area contributed by atoms with E-state index in [1.807, 2.05) is 4.98 Å². The average molecular weight is 608 g/mol. The maximum atomic E-state index is 12.0. The van der Waals surface area contributed by atoms with Crippen LogP contribution in [0, 0.1) is 0 Å². The number of nitrogens with one attached hydrogen (secondary N) is 1. The molecule has 38 heavy (non-hydrogen) atoms. The molecule has 0 amide bonds. The molecular weight excluding hydrogens is 588 g/mol. The van der Waals surface area contributed by atoms with Crippen molar-refractivity contribution in [2.45, 2.75) is 49.1 Å². The van der Waals surface area contributed by atoms with Gasteiger partial charge in [0.25, 0.3) is 21.2 Å². The Kier molecular flexibility index (Phi) is 13.9. The molecule has 0 aliphatic carbocycles. The van der Waals surface area contributed by atoms with Crippen LogP contribution >= 0.6 is 15.6 Å². The van der Waals surface area contributed by atoms with Crippen molar-refractivity contribution in [2.24, 2.45) is 0 Å². The number of aliphatic hydroxyl groups is 5. The van der Waals surface area contributed by atoms with Gasteiger partial charge in [-0.05, 0) is 0 Å². The van der Waals surface area contributed by atoms with Crippen molar-refractivity contribution in [2.75, 3.05) is 13.2 Å². The van der Waals surface area contributed by atoms with Crippen LogP contribution in [0.25, 0.3) is 0 Å². The molecule has 10 atom stereocenters. The maximum absolute atomic E-state index is 12.0. The van der Waals surface area contributed by atoms with Crippen LogP contribution in [0.2, 0.25) is 0 Å². The fourth-order valence-electron chi connectivity index (χ4n) is 3.22. The summed E-state index contributed by atoms with van der Waals surface area (Å²) in [5, 5.41) is 48.4. The van der Waals surface area contributed by atoms with Gasteiger partial charge in [-0.15, -0.1) is 0 Å². The number of rotatable bonds is 9. The van der Waals surface area contributed by atoms with Gasteiger partial charge in [0.15, 0.2) is 6.23 Å². The van der Waals surface area contributed by atoms with Gasteiger partial charge in [0.05, 0.1) is 13.2 Å². The molecule has 1 aromatic heterocycles. The van der Waals surface area contributed by atoms with Gasteiger partial charge in [-0.3, -0.25) is 32.8 Å². The number of aromatic amines is 1. The molecule has 2 aliphatic heterocycles. The number of aromatic nitrogens is 2. The average Bonchev–Trinajstić information content (AvgIpc) is 3.06. The van der Waals surface area contributed by atoms with E-state index in [0.717, 1.165) is 12.3 Å². The molecular formula is C15H20N2Na2O17P2. The minimum absolute atomic E-state index is 0. The number of ether oxygens (including phenoxy) is 2. The molecule has 3 heterocycles. The van der Waals surface area contributed by atoms with E-state index in [-0.39, 0.29) is 59.1 Å². The minimum atomic E-state index is -5.97. The van der Waals surface area contributed by atoms with Crippen LogP contribution in [0.4, 0.5) is 0 Å². The first-order chi connectivity index (χ1) is 16.7. The molecule has 0 aromatic carbocycles. The summed E-state index contributed by atoms with van der Waals surface area (Å²) in [4.78, 5) is 60.7. The second kappa shape index (κ2) is 14.5. The molecule has 2 saturated heterocycles. The molecule has 19 nitrogen and oxygen atoms in total. The summed E-state index contributed by atoms with van der Waals surface area (Å²) in [5.41, 5.74) is -1.79. The zero-order chi connectivity index (χ0) is 27.0. The van der Waals surface area contributed by atoms with E-state index in [1.165, 1.54) is 0 Å². The number of carbonyl (C=O) groups excluding carboxylic acids is 1. The van der Waals surface area contributed by atoms with Gasteiger partial charge in [-0.1, -0.05) is 0 Å². The Morgan fingerprint density at radius 2 is 1.61 bits per heavy atom. The molecule has 0 saturated carbocycles. The van der Waals surface area contributed by atoms with E-state index >= 15 is 0 Å². The van der Waals surface area contributed by atoms with Crippen LogP contribution in [0.1, 0.15) is 6.23 Å².